The first-order valence-electron chi connectivity index (χ1n) is 7.46. The van der Waals surface area contributed by atoms with E-state index >= 15 is 0 Å². The third-order valence-electron chi connectivity index (χ3n) is 3.80. The van der Waals surface area contributed by atoms with Crippen LogP contribution in [-0.2, 0) is 21.3 Å². The molecule has 0 amide bonds. The van der Waals surface area contributed by atoms with E-state index in [4.69, 9.17) is 4.74 Å². The van der Waals surface area contributed by atoms with Crippen LogP contribution >= 0.6 is 27.3 Å². The van der Waals surface area contributed by atoms with Gasteiger partial charge >= 0.3 is 0 Å². The van der Waals surface area contributed by atoms with E-state index < -0.39 is 10.0 Å². The van der Waals surface area contributed by atoms with Crippen LogP contribution in [0.2, 0.25) is 0 Å². The molecule has 0 saturated carbocycles. The van der Waals surface area contributed by atoms with Crippen molar-refractivity contribution in [1.82, 2.24) is 4.31 Å². The second kappa shape index (κ2) is 7.44. The quantitative estimate of drug-likeness (QED) is 0.718. The molecular formula is C16H18BrNO3S2. The highest BCUT2D eigenvalue weighted by atomic mass is 79.9. The van der Waals surface area contributed by atoms with Gasteiger partial charge in [0.05, 0.1) is 11.0 Å². The number of halogens is 1. The number of thiophene rings is 1. The largest absolute Gasteiger partial charge is 0.377 e. The van der Waals surface area contributed by atoms with Gasteiger partial charge in [0.25, 0.3) is 0 Å². The Morgan fingerprint density at radius 2 is 2.09 bits per heavy atom. The van der Waals surface area contributed by atoms with Gasteiger partial charge in [-0.25, -0.2) is 8.42 Å². The Labute approximate surface area is 149 Å². The van der Waals surface area contributed by atoms with Gasteiger partial charge < -0.3 is 4.74 Å². The summed E-state index contributed by atoms with van der Waals surface area (Å²) in [6.45, 7) is 1.48. The molecule has 0 spiro atoms. The lowest BCUT2D eigenvalue weighted by molar-refractivity contribution is 0.0927. The van der Waals surface area contributed by atoms with Gasteiger partial charge in [0, 0.05) is 29.0 Å². The van der Waals surface area contributed by atoms with Crippen LogP contribution in [0.15, 0.2) is 51.1 Å². The summed E-state index contributed by atoms with van der Waals surface area (Å²) in [6.07, 6.45) is 1.88. The molecule has 7 heteroatoms. The molecule has 2 heterocycles. The minimum Gasteiger partial charge on any atom is -0.377 e. The van der Waals surface area contributed by atoms with Crippen LogP contribution in [0.3, 0.4) is 0 Å². The zero-order valence-electron chi connectivity index (χ0n) is 12.5. The monoisotopic (exact) mass is 415 g/mol. The van der Waals surface area contributed by atoms with E-state index in [0.717, 1.165) is 17.7 Å². The fourth-order valence-electron chi connectivity index (χ4n) is 2.63. The molecule has 124 valence electrons. The first-order chi connectivity index (χ1) is 11.1. The van der Waals surface area contributed by atoms with E-state index in [1.165, 1.54) is 4.31 Å². The molecule has 2 aromatic rings. The number of sulfonamides is 1. The second-order valence-electron chi connectivity index (χ2n) is 5.44. The van der Waals surface area contributed by atoms with Crippen molar-refractivity contribution in [3.63, 3.8) is 0 Å². The number of nitrogens with zero attached hydrogens (tertiary/aromatic N) is 1. The fraction of sp³-hybridized carbons (Fsp3) is 0.375. The fourth-order valence-corrected chi connectivity index (χ4v) is 5.85. The normalized spacial score (nSPS) is 18.6. The van der Waals surface area contributed by atoms with E-state index in [-0.39, 0.29) is 6.10 Å². The Balaban J connectivity index is 1.90. The minimum absolute atomic E-state index is 0.0211. The van der Waals surface area contributed by atoms with Crippen molar-refractivity contribution in [3.8, 4) is 0 Å². The summed E-state index contributed by atoms with van der Waals surface area (Å²) in [5.41, 5.74) is 0. The smallest absolute Gasteiger partial charge is 0.244 e. The lowest BCUT2D eigenvalue weighted by atomic mass is 10.2. The molecule has 0 unspecified atom stereocenters. The standard InChI is InChI=1S/C16H18BrNO3S2/c17-15-7-1-2-8-16(15)23(19,20)18(11-13-5-3-9-21-13)12-14-6-4-10-22-14/h1-2,4,6-8,10,13H,3,5,9,11-12H2/t13-/m1/s1. The summed E-state index contributed by atoms with van der Waals surface area (Å²) < 4.78 is 34.0. The molecule has 1 aliphatic heterocycles. The van der Waals surface area contributed by atoms with E-state index in [1.54, 1.807) is 29.5 Å². The van der Waals surface area contributed by atoms with Crippen molar-refractivity contribution in [2.75, 3.05) is 13.2 Å². The molecule has 4 nitrogen and oxygen atoms in total. The summed E-state index contributed by atoms with van der Waals surface area (Å²) >= 11 is 4.92. The zero-order chi connectivity index (χ0) is 16.3. The molecule has 0 bridgehead atoms. The van der Waals surface area contributed by atoms with Crippen LogP contribution in [0.5, 0.6) is 0 Å². The average molecular weight is 416 g/mol. The highest BCUT2D eigenvalue weighted by molar-refractivity contribution is 9.10. The topological polar surface area (TPSA) is 46.6 Å². The van der Waals surface area contributed by atoms with Crippen molar-refractivity contribution in [1.29, 1.82) is 0 Å². The van der Waals surface area contributed by atoms with Crippen molar-refractivity contribution in [2.24, 2.45) is 0 Å². The Bertz CT molecular complexity index is 740. The third-order valence-corrected chi connectivity index (χ3v) is 7.48. The van der Waals surface area contributed by atoms with Gasteiger partial charge in [0.2, 0.25) is 10.0 Å². The summed E-state index contributed by atoms with van der Waals surface area (Å²) in [5.74, 6) is 0. The van der Waals surface area contributed by atoms with E-state index in [2.05, 4.69) is 15.9 Å². The SMILES string of the molecule is O=S(=O)(c1ccccc1Br)N(Cc1cccs1)C[C@H]1CCCO1. The Morgan fingerprint density at radius 3 is 2.74 bits per heavy atom. The summed E-state index contributed by atoms with van der Waals surface area (Å²) in [7, 11) is -3.58. The molecule has 1 fully saturated rings. The van der Waals surface area contributed by atoms with Crippen molar-refractivity contribution in [3.05, 3.63) is 51.1 Å². The van der Waals surface area contributed by atoms with E-state index in [1.807, 2.05) is 23.6 Å². The first kappa shape index (κ1) is 17.1. The lowest BCUT2D eigenvalue weighted by Crippen LogP contribution is -2.36. The molecule has 3 rings (SSSR count). The average Bonchev–Trinajstić information content (AvgIpc) is 3.20. The minimum atomic E-state index is -3.58. The number of hydrogen-bond donors (Lipinski definition) is 0. The van der Waals surface area contributed by atoms with Crippen molar-refractivity contribution < 1.29 is 13.2 Å². The second-order valence-corrected chi connectivity index (χ2v) is 9.24. The molecule has 1 aromatic carbocycles. The summed E-state index contributed by atoms with van der Waals surface area (Å²) in [4.78, 5) is 1.33. The van der Waals surface area contributed by atoms with E-state index in [0.29, 0.717) is 29.1 Å². The molecule has 1 atom stereocenters. The first-order valence-corrected chi connectivity index (χ1v) is 10.6. The van der Waals surface area contributed by atoms with Gasteiger partial charge in [0.15, 0.2) is 0 Å². The zero-order valence-corrected chi connectivity index (χ0v) is 15.7. The van der Waals surface area contributed by atoms with Crippen LogP contribution in [0, 0.1) is 0 Å². The molecule has 0 aliphatic carbocycles. The number of rotatable bonds is 6. The lowest BCUT2D eigenvalue weighted by Gasteiger charge is -2.25. The molecule has 23 heavy (non-hydrogen) atoms. The van der Waals surface area contributed by atoms with Crippen LogP contribution in [-0.4, -0.2) is 32.0 Å². The van der Waals surface area contributed by atoms with Gasteiger partial charge in [-0.1, -0.05) is 18.2 Å². The highest BCUT2D eigenvalue weighted by Crippen LogP contribution is 2.28. The molecule has 1 aromatic heterocycles. The van der Waals surface area contributed by atoms with Crippen molar-refractivity contribution in [2.45, 2.75) is 30.4 Å². The molecule has 0 N–H and O–H groups in total. The molecule has 1 aliphatic rings. The van der Waals surface area contributed by atoms with Gasteiger partial charge in [-0.3, -0.25) is 0 Å². The van der Waals surface area contributed by atoms with Gasteiger partial charge in [0.1, 0.15) is 0 Å². The maximum atomic E-state index is 13.1. The van der Waals surface area contributed by atoms with Crippen molar-refractivity contribution >= 4 is 37.3 Å². The molecular weight excluding hydrogens is 398 g/mol. The number of benzene rings is 1. The summed E-state index contributed by atoms with van der Waals surface area (Å²) in [5, 5.41) is 1.96. The van der Waals surface area contributed by atoms with Crippen LogP contribution < -0.4 is 0 Å². The van der Waals surface area contributed by atoms with Gasteiger partial charge in [-0.05, 0) is 52.4 Å². The number of hydrogen-bond acceptors (Lipinski definition) is 4. The Hall–Kier alpha value is -0.730. The Kier molecular flexibility index (Phi) is 5.53. The number of ether oxygens (including phenoxy) is 1. The highest BCUT2D eigenvalue weighted by Gasteiger charge is 2.30. The maximum Gasteiger partial charge on any atom is 0.244 e. The third kappa shape index (κ3) is 4.03. The summed E-state index contributed by atoms with van der Waals surface area (Å²) in [6, 6.07) is 10.8. The van der Waals surface area contributed by atoms with Gasteiger partial charge in [-0.2, -0.15) is 4.31 Å². The predicted octanol–water partition coefficient (Wildman–Crippen LogP) is 3.88. The van der Waals surface area contributed by atoms with E-state index in [9.17, 15) is 8.42 Å². The maximum absolute atomic E-state index is 13.1. The molecule has 1 saturated heterocycles. The van der Waals surface area contributed by atoms with Gasteiger partial charge in [-0.15, -0.1) is 11.3 Å². The molecule has 0 radical (unpaired) electrons. The predicted molar refractivity (Wildman–Crippen MR) is 95.0 cm³/mol. The Morgan fingerprint density at radius 1 is 1.26 bits per heavy atom. The van der Waals surface area contributed by atoms with Crippen LogP contribution in [0.25, 0.3) is 0 Å². The van der Waals surface area contributed by atoms with Crippen LogP contribution in [0.4, 0.5) is 0 Å². The van der Waals surface area contributed by atoms with Crippen LogP contribution in [0.1, 0.15) is 17.7 Å².